The van der Waals surface area contributed by atoms with Gasteiger partial charge in [-0.05, 0) is 50.3 Å². The molecule has 1 fully saturated rings. The minimum Gasteiger partial charge on any atom is -0.373 e. The molecule has 1 saturated heterocycles. The lowest BCUT2D eigenvalue weighted by Crippen LogP contribution is -2.40. The van der Waals surface area contributed by atoms with Crippen LogP contribution in [0.2, 0.25) is 0 Å². The lowest BCUT2D eigenvalue weighted by atomic mass is 9.97. The molecule has 5 nitrogen and oxygen atoms in total. The van der Waals surface area contributed by atoms with Crippen molar-refractivity contribution >= 4 is 11.6 Å². The van der Waals surface area contributed by atoms with Gasteiger partial charge in [-0.1, -0.05) is 6.07 Å². The summed E-state index contributed by atoms with van der Waals surface area (Å²) in [5.41, 5.74) is 1.15. The first-order chi connectivity index (χ1) is 10.9. The Balaban J connectivity index is 1.66. The third-order valence-corrected chi connectivity index (χ3v) is 4.28. The van der Waals surface area contributed by atoms with Crippen molar-refractivity contribution in [1.82, 2.24) is 15.0 Å². The highest BCUT2D eigenvalue weighted by Crippen LogP contribution is 2.25. The van der Waals surface area contributed by atoms with Crippen LogP contribution in [0.4, 0.5) is 11.6 Å². The summed E-state index contributed by atoms with van der Waals surface area (Å²) in [6, 6.07) is 8.73. The molecule has 1 N–H and O–H groups in total. The Kier molecular flexibility index (Phi) is 4.83. The fourth-order valence-electron chi connectivity index (χ4n) is 3.13. The number of nitrogens with one attached hydrogen (secondary N) is 1. The number of rotatable bonds is 5. The van der Waals surface area contributed by atoms with E-state index in [0.29, 0.717) is 6.04 Å². The lowest BCUT2D eigenvalue weighted by Gasteiger charge is -2.36. The van der Waals surface area contributed by atoms with Crippen LogP contribution in [0.25, 0.3) is 0 Å². The van der Waals surface area contributed by atoms with E-state index < -0.39 is 0 Å². The number of nitrogens with zero attached hydrogens (tertiary/aromatic N) is 4. The third-order valence-electron chi connectivity index (χ3n) is 4.28. The van der Waals surface area contributed by atoms with E-state index in [2.05, 4.69) is 37.3 Å². The van der Waals surface area contributed by atoms with Crippen LogP contribution in [-0.2, 0) is 6.42 Å². The minimum absolute atomic E-state index is 0.545. The summed E-state index contributed by atoms with van der Waals surface area (Å²) in [6.45, 7) is 1.09. The molecule has 2 aromatic heterocycles. The maximum Gasteiger partial charge on any atom is 0.132 e. The Labute approximate surface area is 131 Å². The molecule has 3 rings (SSSR count). The van der Waals surface area contributed by atoms with Gasteiger partial charge in [-0.2, -0.15) is 0 Å². The molecule has 0 aromatic carbocycles. The smallest absolute Gasteiger partial charge is 0.132 e. The summed E-state index contributed by atoms with van der Waals surface area (Å²) in [7, 11) is 1.91. The monoisotopic (exact) mass is 297 g/mol. The second-order valence-corrected chi connectivity index (χ2v) is 5.71. The van der Waals surface area contributed by atoms with Crippen LogP contribution in [0.5, 0.6) is 0 Å². The summed E-state index contributed by atoms with van der Waals surface area (Å²) in [4.78, 5) is 15.5. The van der Waals surface area contributed by atoms with Gasteiger partial charge in [-0.15, -0.1) is 0 Å². The number of aryl methyl sites for hydroxylation is 1. The van der Waals surface area contributed by atoms with E-state index in [9.17, 15) is 0 Å². The van der Waals surface area contributed by atoms with E-state index in [4.69, 9.17) is 0 Å². The molecule has 3 heterocycles. The molecular weight excluding hydrogens is 274 g/mol. The van der Waals surface area contributed by atoms with Crippen molar-refractivity contribution < 1.29 is 0 Å². The fourth-order valence-corrected chi connectivity index (χ4v) is 3.13. The normalized spacial score (nSPS) is 18.2. The zero-order valence-corrected chi connectivity index (χ0v) is 13.1. The van der Waals surface area contributed by atoms with Gasteiger partial charge in [0.05, 0.1) is 0 Å². The number of piperidine rings is 1. The van der Waals surface area contributed by atoms with Gasteiger partial charge < -0.3 is 10.2 Å². The van der Waals surface area contributed by atoms with Gasteiger partial charge >= 0.3 is 0 Å². The molecule has 1 aliphatic heterocycles. The first kappa shape index (κ1) is 14.8. The lowest BCUT2D eigenvalue weighted by molar-refractivity contribution is 0.433. The Morgan fingerprint density at radius 3 is 3.05 bits per heavy atom. The van der Waals surface area contributed by atoms with Crippen molar-refractivity contribution in [2.75, 3.05) is 23.8 Å². The third kappa shape index (κ3) is 3.53. The van der Waals surface area contributed by atoms with Crippen molar-refractivity contribution in [3.05, 3.63) is 42.5 Å². The van der Waals surface area contributed by atoms with Gasteiger partial charge in [-0.3, -0.25) is 0 Å². The second kappa shape index (κ2) is 7.20. The topological polar surface area (TPSA) is 53.9 Å². The maximum atomic E-state index is 4.62. The SMILES string of the molecule is CNc1cccc(CCC2CCCCN2c2ccncn2)n1. The molecular formula is C17H23N5. The summed E-state index contributed by atoms with van der Waals surface area (Å²) in [5.74, 6) is 1.99. The summed E-state index contributed by atoms with van der Waals surface area (Å²) in [6.07, 6.45) is 9.36. The highest BCUT2D eigenvalue weighted by molar-refractivity contribution is 5.39. The van der Waals surface area contributed by atoms with Crippen molar-refractivity contribution in [3.8, 4) is 0 Å². The molecule has 22 heavy (non-hydrogen) atoms. The van der Waals surface area contributed by atoms with Crippen molar-refractivity contribution in [3.63, 3.8) is 0 Å². The minimum atomic E-state index is 0.545. The van der Waals surface area contributed by atoms with Gasteiger partial charge in [0.2, 0.25) is 0 Å². The average Bonchev–Trinajstić information content (AvgIpc) is 2.61. The number of anilines is 2. The van der Waals surface area contributed by atoms with Crippen LogP contribution in [0.15, 0.2) is 36.8 Å². The van der Waals surface area contributed by atoms with Crippen LogP contribution >= 0.6 is 0 Å². The number of hydrogen-bond donors (Lipinski definition) is 1. The van der Waals surface area contributed by atoms with E-state index in [1.807, 2.05) is 25.4 Å². The van der Waals surface area contributed by atoms with Gasteiger partial charge in [0.1, 0.15) is 18.0 Å². The van der Waals surface area contributed by atoms with Gasteiger partial charge in [0.15, 0.2) is 0 Å². The first-order valence-corrected chi connectivity index (χ1v) is 8.03. The van der Waals surface area contributed by atoms with Crippen LogP contribution in [0.3, 0.4) is 0 Å². The van der Waals surface area contributed by atoms with Crippen LogP contribution in [-0.4, -0.2) is 34.6 Å². The highest BCUT2D eigenvalue weighted by atomic mass is 15.2. The molecule has 1 atom stereocenters. The van der Waals surface area contributed by atoms with Gasteiger partial charge in [0.25, 0.3) is 0 Å². The molecule has 0 bridgehead atoms. The summed E-state index contributed by atoms with van der Waals surface area (Å²) in [5, 5.41) is 3.10. The van der Waals surface area contributed by atoms with Crippen LogP contribution in [0, 0.1) is 0 Å². The maximum absolute atomic E-state index is 4.62. The first-order valence-electron chi connectivity index (χ1n) is 8.03. The summed E-state index contributed by atoms with van der Waals surface area (Å²) >= 11 is 0. The van der Waals surface area contributed by atoms with Crippen molar-refractivity contribution in [2.24, 2.45) is 0 Å². The fraction of sp³-hybridized carbons (Fsp3) is 0.471. The quantitative estimate of drug-likeness (QED) is 0.919. The van der Waals surface area contributed by atoms with E-state index in [0.717, 1.165) is 36.7 Å². The molecule has 0 amide bonds. The number of hydrogen-bond acceptors (Lipinski definition) is 5. The largest absolute Gasteiger partial charge is 0.373 e. The van der Waals surface area contributed by atoms with Crippen molar-refractivity contribution in [2.45, 2.75) is 38.1 Å². The summed E-state index contributed by atoms with van der Waals surface area (Å²) < 4.78 is 0. The molecule has 0 radical (unpaired) electrons. The Bertz CT molecular complexity index is 587. The standard InChI is InChI=1S/C17H23N5/c1-18-16-7-4-5-14(21-16)8-9-15-6-2-3-12-22(15)17-10-11-19-13-20-17/h4-5,7,10-11,13,15H,2-3,6,8-9,12H2,1H3,(H,18,21). The Morgan fingerprint density at radius 1 is 1.27 bits per heavy atom. The molecule has 0 saturated carbocycles. The van der Waals surface area contributed by atoms with Crippen LogP contribution < -0.4 is 10.2 Å². The molecule has 0 spiro atoms. The average molecular weight is 297 g/mol. The molecule has 0 aliphatic carbocycles. The Morgan fingerprint density at radius 2 is 2.23 bits per heavy atom. The molecule has 1 unspecified atom stereocenters. The van der Waals surface area contributed by atoms with Crippen molar-refractivity contribution in [1.29, 1.82) is 0 Å². The predicted molar refractivity (Wildman–Crippen MR) is 89.1 cm³/mol. The molecule has 5 heteroatoms. The second-order valence-electron chi connectivity index (χ2n) is 5.71. The zero-order chi connectivity index (χ0) is 15.2. The highest BCUT2D eigenvalue weighted by Gasteiger charge is 2.23. The number of aromatic nitrogens is 3. The Hall–Kier alpha value is -2.17. The van der Waals surface area contributed by atoms with Crippen LogP contribution in [0.1, 0.15) is 31.4 Å². The van der Waals surface area contributed by atoms with E-state index in [1.54, 1.807) is 6.33 Å². The number of pyridine rings is 1. The molecule has 116 valence electrons. The van der Waals surface area contributed by atoms with Gasteiger partial charge in [0, 0.05) is 31.5 Å². The predicted octanol–water partition coefficient (Wildman–Crippen LogP) is 2.91. The van der Waals surface area contributed by atoms with Gasteiger partial charge in [-0.25, -0.2) is 15.0 Å². The molecule has 1 aliphatic rings. The zero-order valence-electron chi connectivity index (χ0n) is 13.1. The van der Waals surface area contributed by atoms with E-state index >= 15 is 0 Å². The molecule has 2 aromatic rings. The van der Waals surface area contributed by atoms with E-state index in [1.165, 1.54) is 19.3 Å². The van der Waals surface area contributed by atoms with E-state index in [-0.39, 0.29) is 0 Å².